The Bertz CT molecular complexity index is 1350. The minimum absolute atomic E-state index is 0.129. The van der Waals surface area contributed by atoms with Crippen molar-refractivity contribution in [1.82, 2.24) is 14.6 Å². The Labute approximate surface area is 178 Å². The number of para-hydroxylation sites is 1. The molecular formula is C21H15FN4O4S. The molecule has 0 saturated heterocycles. The van der Waals surface area contributed by atoms with E-state index in [1.807, 2.05) is 0 Å². The summed E-state index contributed by atoms with van der Waals surface area (Å²) in [5, 5.41) is 7.37. The molecule has 0 aliphatic carbocycles. The number of carbonyl (C=O) groups excluding carboxylic acids is 2. The lowest BCUT2D eigenvalue weighted by atomic mass is 10.1. The lowest BCUT2D eigenvalue weighted by Gasteiger charge is -2.11. The van der Waals surface area contributed by atoms with E-state index in [4.69, 9.17) is 4.74 Å². The van der Waals surface area contributed by atoms with E-state index >= 15 is 0 Å². The van der Waals surface area contributed by atoms with Crippen LogP contribution in [0.25, 0.3) is 4.96 Å². The number of anilines is 1. The van der Waals surface area contributed by atoms with Gasteiger partial charge in [0.25, 0.3) is 11.5 Å². The number of hydrogen-bond donors (Lipinski definition) is 1. The first kappa shape index (κ1) is 20.4. The Morgan fingerprint density at radius 2 is 1.90 bits per heavy atom. The molecule has 0 atom stereocenters. The molecule has 0 bridgehead atoms. The van der Waals surface area contributed by atoms with Gasteiger partial charge in [-0.3, -0.25) is 9.59 Å². The molecule has 156 valence electrons. The van der Waals surface area contributed by atoms with Crippen molar-refractivity contribution in [1.29, 1.82) is 0 Å². The normalized spacial score (nSPS) is 10.8. The highest BCUT2D eigenvalue weighted by Gasteiger charge is 2.16. The van der Waals surface area contributed by atoms with E-state index in [2.05, 4.69) is 15.4 Å². The summed E-state index contributed by atoms with van der Waals surface area (Å²) in [6.45, 7) is 1.54. The zero-order valence-corrected chi connectivity index (χ0v) is 17.0. The minimum atomic E-state index is -0.697. The summed E-state index contributed by atoms with van der Waals surface area (Å²) in [7, 11) is 0. The Kier molecular flexibility index (Phi) is 5.54. The molecule has 4 aromatic rings. The molecule has 0 fully saturated rings. The van der Waals surface area contributed by atoms with Crippen LogP contribution in [-0.2, 0) is 11.3 Å². The van der Waals surface area contributed by atoms with Crippen molar-refractivity contribution in [3.8, 4) is 0 Å². The van der Waals surface area contributed by atoms with Gasteiger partial charge >= 0.3 is 5.97 Å². The van der Waals surface area contributed by atoms with Gasteiger partial charge in [-0.25, -0.2) is 14.2 Å². The molecule has 1 amide bonds. The van der Waals surface area contributed by atoms with Gasteiger partial charge < -0.3 is 10.1 Å². The van der Waals surface area contributed by atoms with Crippen LogP contribution >= 0.6 is 11.3 Å². The van der Waals surface area contributed by atoms with Crippen molar-refractivity contribution < 1.29 is 18.7 Å². The van der Waals surface area contributed by atoms with Gasteiger partial charge in [-0.05, 0) is 43.3 Å². The molecule has 2 aromatic heterocycles. The molecule has 0 saturated carbocycles. The predicted octanol–water partition coefficient (Wildman–Crippen LogP) is 3.21. The van der Waals surface area contributed by atoms with Gasteiger partial charge in [0.05, 0.1) is 16.9 Å². The third-order valence-corrected chi connectivity index (χ3v) is 5.08. The van der Waals surface area contributed by atoms with Gasteiger partial charge in [-0.15, -0.1) is 0 Å². The fourth-order valence-electron chi connectivity index (χ4n) is 2.81. The molecule has 0 spiro atoms. The molecule has 0 unspecified atom stereocenters. The quantitative estimate of drug-likeness (QED) is 0.480. The predicted molar refractivity (Wildman–Crippen MR) is 112 cm³/mol. The number of nitrogens with zero attached hydrogens (tertiary/aromatic N) is 3. The third kappa shape index (κ3) is 4.48. The van der Waals surface area contributed by atoms with Gasteiger partial charge in [0.1, 0.15) is 17.4 Å². The maximum Gasteiger partial charge on any atom is 0.340 e. The maximum absolute atomic E-state index is 13.1. The van der Waals surface area contributed by atoms with E-state index in [0.717, 1.165) is 0 Å². The number of aromatic nitrogens is 3. The largest absolute Gasteiger partial charge is 0.456 e. The van der Waals surface area contributed by atoms with Crippen LogP contribution in [0.5, 0.6) is 0 Å². The van der Waals surface area contributed by atoms with E-state index in [9.17, 15) is 18.8 Å². The monoisotopic (exact) mass is 438 g/mol. The van der Waals surface area contributed by atoms with Crippen LogP contribution in [0.15, 0.2) is 59.4 Å². The number of hydrogen-bond acceptors (Lipinski definition) is 7. The van der Waals surface area contributed by atoms with Crippen LogP contribution in [0.1, 0.15) is 31.4 Å². The molecule has 1 N–H and O–H groups in total. The van der Waals surface area contributed by atoms with Gasteiger partial charge in [0, 0.05) is 11.6 Å². The third-order valence-electron chi connectivity index (χ3n) is 4.25. The van der Waals surface area contributed by atoms with Gasteiger partial charge in [-0.1, -0.05) is 23.5 Å². The van der Waals surface area contributed by atoms with Crippen molar-refractivity contribution in [2.45, 2.75) is 13.5 Å². The molecule has 8 nitrogen and oxygen atoms in total. The lowest BCUT2D eigenvalue weighted by molar-refractivity contribution is 0.0469. The summed E-state index contributed by atoms with van der Waals surface area (Å²) in [6, 6.07) is 12.6. The fourth-order valence-corrected chi connectivity index (χ4v) is 3.58. The number of halogens is 1. The summed E-state index contributed by atoms with van der Waals surface area (Å²) in [5.41, 5.74) is 0.525. The van der Waals surface area contributed by atoms with Crippen LogP contribution in [0.2, 0.25) is 0 Å². The highest BCUT2D eigenvalue weighted by Crippen LogP contribution is 2.18. The summed E-state index contributed by atoms with van der Waals surface area (Å²) in [5.74, 6) is -1.65. The van der Waals surface area contributed by atoms with E-state index in [0.29, 0.717) is 9.97 Å². The van der Waals surface area contributed by atoms with Gasteiger partial charge in [0.2, 0.25) is 4.96 Å². The number of benzene rings is 2. The average Bonchev–Trinajstić information content (AvgIpc) is 3.13. The molecule has 10 heteroatoms. The molecular weight excluding hydrogens is 423 g/mol. The molecule has 0 aliphatic rings. The summed E-state index contributed by atoms with van der Waals surface area (Å²) in [6.07, 6.45) is 0. The number of aryl methyl sites for hydroxylation is 1. The number of fused-ring (bicyclic) bond motifs is 1. The Morgan fingerprint density at radius 3 is 2.68 bits per heavy atom. The molecule has 31 heavy (non-hydrogen) atoms. The zero-order chi connectivity index (χ0) is 22.0. The number of carbonyl (C=O) groups is 2. The first-order valence-electron chi connectivity index (χ1n) is 9.10. The summed E-state index contributed by atoms with van der Waals surface area (Å²) in [4.78, 5) is 41.8. The van der Waals surface area contributed by atoms with Crippen LogP contribution in [0.4, 0.5) is 10.1 Å². The number of amides is 1. The summed E-state index contributed by atoms with van der Waals surface area (Å²) < 4.78 is 19.6. The minimum Gasteiger partial charge on any atom is -0.456 e. The average molecular weight is 438 g/mol. The second-order valence-electron chi connectivity index (χ2n) is 6.48. The highest BCUT2D eigenvalue weighted by molar-refractivity contribution is 7.16. The van der Waals surface area contributed by atoms with Crippen molar-refractivity contribution in [3.05, 3.63) is 92.6 Å². The number of esters is 1. The molecule has 4 rings (SSSR count). The Balaban J connectivity index is 1.50. The van der Waals surface area contributed by atoms with Gasteiger partial charge in [0.15, 0.2) is 0 Å². The van der Waals surface area contributed by atoms with Gasteiger partial charge in [-0.2, -0.15) is 9.61 Å². The molecule has 2 aromatic carbocycles. The standard InChI is InChI=1S/C21H15FN4O4S/c1-12-25-26-18(27)10-15(23-21(26)31-12)11-30-20(29)16-4-2-3-5-17(16)24-19(28)13-6-8-14(22)9-7-13/h2-10H,11H2,1H3,(H,24,28). The summed E-state index contributed by atoms with van der Waals surface area (Å²) >= 11 is 1.25. The topological polar surface area (TPSA) is 103 Å². The second kappa shape index (κ2) is 8.44. The zero-order valence-electron chi connectivity index (χ0n) is 16.2. The smallest absolute Gasteiger partial charge is 0.340 e. The van der Waals surface area contributed by atoms with Crippen LogP contribution in [-0.4, -0.2) is 26.5 Å². The van der Waals surface area contributed by atoms with E-state index in [-0.39, 0.29) is 34.7 Å². The van der Waals surface area contributed by atoms with Crippen LogP contribution < -0.4 is 10.9 Å². The maximum atomic E-state index is 13.1. The van der Waals surface area contributed by atoms with Crippen LogP contribution in [0.3, 0.4) is 0 Å². The fraction of sp³-hybridized carbons (Fsp3) is 0.0952. The Hall–Kier alpha value is -3.92. The van der Waals surface area contributed by atoms with Crippen molar-refractivity contribution in [3.63, 3.8) is 0 Å². The Morgan fingerprint density at radius 1 is 1.16 bits per heavy atom. The SMILES string of the molecule is Cc1nn2c(=O)cc(COC(=O)c3ccccc3NC(=O)c3ccc(F)cc3)nc2s1. The van der Waals surface area contributed by atoms with E-state index < -0.39 is 17.7 Å². The molecule has 2 heterocycles. The molecule has 0 aliphatic heterocycles. The van der Waals surface area contributed by atoms with E-state index in [1.165, 1.54) is 52.3 Å². The number of nitrogens with one attached hydrogen (secondary N) is 1. The van der Waals surface area contributed by atoms with Crippen molar-refractivity contribution >= 4 is 33.9 Å². The lowest BCUT2D eigenvalue weighted by Crippen LogP contribution is -2.18. The van der Waals surface area contributed by atoms with Crippen LogP contribution in [0, 0.1) is 12.7 Å². The highest BCUT2D eigenvalue weighted by atomic mass is 32.1. The van der Waals surface area contributed by atoms with E-state index in [1.54, 1.807) is 25.1 Å². The van der Waals surface area contributed by atoms with Crippen molar-refractivity contribution in [2.24, 2.45) is 0 Å². The number of ether oxygens (including phenoxy) is 1. The first-order valence-corrected chi connectivity index (χ1v) is 9.92. The van der Waals surface area contributed by atoms with Crippen molar-refractivity contribution in [2.75, 3.05) is 5.32 Å². The molecule has 0 radical (unpaired) electrons. The second-order valence-corrected chi connectivity index (χ2v) is 7.64. The number of rotatable bonds is 5. The first-order chi connectivity index (χ1) is 14.9.